The van der Waals surface area contributed by atoms with E-state index in [1.807, 2.05) is 18.2 Å². The second kappa shape index (κ2) is 7.44. The minimum absolute atomic E-state index is 0.0407. The fourth-order valence-electron chi connectivity index (χ4n) is 2.78. The molecule has 1 atom stereocenters. The summed E-state index contributed by atoms with van der Waals surface area (Å²) in [6.45, 7) is 11.7. The molecule has 0 unspecified atom stereocenters. The summed E-state index contributed by atoms with van der Waals surface area (Å²) in [5.74, 6) is 0.882. The molecule has 1 N–H and O–H groups in total. The minimum Gasteiger partial charge on any atom is -0.491 e. The van der Waals surface area contributed by atoms with Gasteiger partial charge in [0.05, 0.1) is 0 Å². The molecule has 0 amide bonds. The van der Waals surface area contributed by atoms with Gasteiger partial charge in [0, 0.05) is 32.7 Å². The van der Waals surface area contributed by atoms with Crippen molar-refractivity contribution in [3.63, 3.8) is 0 Å². The third-order valence-corrected chi connectivity index (χ3v) is 4.19. The number of benzene rings is 1. The van der Waals surface area contributed by atoms with Crippen LogP contribution < -0.4 is 4.74 Å². The number of piperazine rings is 1. The van der Waals surface area contributed by atoms with E-state index in [0.717, 1.165) is 31.9 Å². The van der Waals surface area contributed by atoms with Gasteiger partial charge in [-0.25, -0.2) is 0 Å². The summed E-state index contributed by atoms with van der Waals surface area (Å²) in [6.07, 6.45) is -0.448. The van der Waals surface area contributed by atoms with Crippen LogP contribution in [-0.4, -0.2) is 67.4 Å². The Bertz CT molecular complexity index is 462. The molecule has 1 fully saturated rings. The normalized spacial score (nSPS) is 19.1. The highest BCUT2D eigenvalue weighted by molar-refractivity contribution is 5.38. The number of hydrogen-bond donors (Lipinski definition) is 1. The molecule has 1 aliphatic rings. The van der Waals surface area contributed by atoms with Crippen molar-refractivity contribution in [3.05, 3.63) is 29.8 Å². The Hall–Kier alpha value is -1.10. The lowest BCUT2D eigenvalue weighted by molar-refractivity contribution is 0.0500. The highest BCUT2D eigenvalue weighted by Crippen LogP contribution is 2.30. The second-order valence-corrected chi connectivity index (χ2v) is 7.31. The van der Waals surface area contributed by atoms with Crippen LogP contribution in [0.4, 0.5) is 0 Å². The van der Waals surface area contributed by atoms with E-state index in [-0.39, 0.29) is 5.41 Å². The second-order valence-electron chi connectivity index (χ2n) is 7.31. The first kappa shape index (κ1) is 17.3. The minimum atomic E-state index is -0.448. The van der Waals surface area contributed by atoms with E-state index < -0.39 is 6.10 Å². The molecule has 0 aromatic heterocycles. The maximum atomic E-state index is 10.2. The molecule has 4 heteroatoms. The predicted octanol–water partition coefficient (Wildman–Crippen LogP) is 1.97. The van der Waals surface area contributed by atoms with Crippen LogP contribution in [0.25, 0.3) is 0 Å². The molecule has 0 radical (unpaired) electrons. The molecule has 0 spiro atoms. The SMILES string of the molecule is CN1CCN(C[C@@H](O)COc2ccccc2C(C)(C)C)CC1. The molecule has 124 valence electrons. The van der Waals surface area contributed by atoms with Gasteiger partial charge in [0.2, 0.25) is 0 Å². The van der Waals surface area contributed by atoms with Gasteiger partial charge in [-0.2, -0.15) is 0 Å². The Kier molecular flexibility index (Phi) is 5.84. The Morgan fingerprint density at radius 3 is 2.41 bits per heavy atom. The van der Waals surface area contributed by atoms with Crippen molar-refractivity contribution in [2.24, 2.45) is 0 Å². The summed E-state index contributed by atoms with van der Waals surface area (Å²) < 4.78 is 5.90. The van der Waals surface area contributed by atoms with Crippen molar-refractivity contribution in [2.75, 3.05) is 46.4 Å². The molecular formula is C18H30N2O2. The van der Waals surface area contributed by atoms with Gasteiger partial charge in [-0.3, -0.25) is 4.90 Å². The molecule has 4 nitrogen and oxygen atoms in total. The maximum absolute atomic E-state index is 10.2. The van der Waals surface area contributed by atoms with Crippen molar-refractivity contribution >= 4 is 0 Å². The van der Waals surface area contributed by atoms with Gasteiger partial charge in [0.1, 0.15) is 18.5 Å². The van der Waals surface area contributed by atoms with Gasteiger partial charge >= 0.3 is 0 Å². The largest absolute Gasteiger partial charge is 0.491 e. The van der Waals surface area contributed by atoms with Crippen molar-refractivity contribution in [1.82, 2.24) is 9.80 Å². The van der Waals surface area contributed by atoms with E-state index in [1.54, 1.807) is 0 Å². The number of aliphatic hydroxyl groups is 1. The highest BCUT2D eigenvalue weighted by atomic mass is 16.5. The molecule has 2 rings (SSSR count). The lowest BCUT2D eigenvalue weighted by atomic mass is 9.86. The third kappa shape index (κ3) is 4.97. The zero-order valence-electron chi connectivity index (χ0n) is 14.4. The lowest BCUT2D eigenvalue weighted by Gasteiger charge is -2.33. The first-order chi connectivity index (χ1) is 10.4. The van der Waals surface area contributed by atoms with E-state index in [4.69, 9.17) is 4.74 Å². The van der Waals surface area contributed by atoms with E-state index in [2.05, 4.69) is 43.7 Å². The van der Waals surface area contributed by atoms with Gasteiger partial charge < -0.3 is 14.7 Å². The molecule has 22 heavy (non-hydrogen) atoms. The smallest absolute Gasteiger partial charge is 0.123 e. The van der Waals surface area contributed by atoms with Crippen LogP contribution in [0.2, 0.25) is 0 Å². The Morgan fingerprint density at radius 2 is 1.77 bits per heavy atom. The van der Waals surface area contributed by atoms with Gasteiger partial charge in [-0.15, -0.1) is 0 Å². The number of ether oxygens (including phenoxy) is 1. The molecule has 1 heterocycles. The van der Waals surface area contributed by atoms with Crippen LogP contribution >= 0.6 is 0 Å². The predicted molar refractivity (Wildman–Crippen MR) is 90.6 cm³/mol. The standard InChI is InChI=1S/C18H30N2O2/c1-18(2,3)16-7-5-6-8-17(16)22-14-15(21)13-20-11-9-19(4)10-12-20/h5-8,15,21H,9-14H2,1-4H3/t15-/m1/s1. The first-order valence-electron chi connectivity index (χ1n) is 8.17. The number of para-hydroxylation sites is 1. The van der Waals surface area contributed by atoms with Crippen LogP contribution in [0.3, 0.4) is 0 Å². The maximum Gasteiger partial charge on any atom is 0.123 e. The summed E-state index contributed by atoms with van der Waals surface area (Å²) in [4.78, 5) is 4.63. The number of hydrogen-bond acceptors (Lipinski definition) is 4. The molecule has 1 saturated heterocycles. The number of β-amino-alcohol motifs (C(OH)–C–C–N with tert-alkyl or cyclic N) is 1. The van der Waals surface area contributed by atoms with Crippen LogP contribution in [0.15, 0.2) is 24.3 Å². The van der Waals surface area contributed by atoms with E-state index >= 15 is 0 Å². The average Bonchev–Trinajstić information content (AvgIpc) is 2.47. The number of likely N-dealkylation sites (N-methyl/N-ethyl adjacent to an activating group) is 1. The lowest BCUT2D eigenvalue weighted by Crippen LogP contribution is -2.47. The number of aliphatic hydroxyl groups excluding tert-OH is 1. The van der Waals surface area contributed by atoms with E-state index in [1.165, 1.54) is 5.56 Å². The summed E-state index contributed by atoms with van der Waals surface area (Å²) in [5.41, 5.74) is 1.22. The topological polar surface area (TPSA) is 35.9 Å². The first-order valence-corrected chi connectivity index (χ1v) is 8.17. The monoisotopic (exact) mass is 306 g/mol. The number of nitrogens with zero attached hydrogens (tertiary/aromatic N) is 2. The summed E-state index contributed by atoms with van der Waals surface area (Å²) in [5, 5.41) is 10.2. The summed E-state index contributed by atoms with van der Waals surface area (Å²) in [6, 6.07) is 8.11. The molecule has 0 saturated carbocycles. The van der Waals surface area contributed by atoms with E-state index in [0.29, 0.717) is 13.2 Å². The Balaban J connectivity index is 1.85. The molecule has 1 aromatic rings. The van der Waals surface area contributed by atoms with Crippen LogP contribution in [0.1, 0.15) is 26.3 Å². The Labute approximate surface area is 134 Å². The van der Waals surface area contributed by atoms with Gasteiger partial charge in [0.25, 0.3) is 0 Å². The van der Waals surface area contributed by atoms with Crippen molar-refractivity contribution in [1.29, 1.82) is 0 Å². The fraction of sp³-hybridized carbons (Fsp3) is 0.667. The molecular weight excluding hydrogens is 276 g/mol. The van der Waals surface area contributed by atoms with E-state index in [9.17, 15) is 5.11 Å². The van der Waals surface area contributed by atoms with Crippen molar-refractivity contribution in [3.8, 4) is 5.75 Å². The van der Waals surface area contributed by atoms with Gasteiger partial charge in [0.15, 0.2) is 0 Å². The molecule has 1 aromatic carbocycles. The summed E-state index contributed by atoms with van der Waals surface area (Å²) >= 11 is 0. The third-order valence-electron chi connectivity index (χ3n) is 4.19. The highest BCUT2D eigenvalue weighted by Gasteiger charge is 2.20. The zero-order valence-corrected chi connectivity index (χ0v) is 14.4. The van der Waals surface area contributed by atoms with Crippen LogP contribution in [-0.2, 0) is 5.41 Å². The zero-order chi connectivity index (χ0) is 16.2. The average molecular weight is 306 g/mol. The molecule has 0 bridgehead atoms. The van der Waals surface area contributed by atoms with Gasteiger partial charge in [-0.1, -0.05) is 39.0 Å². The van der Waals surface area contributed by atoms with Gasteiger partial charge in [-0.05, 0) is 24.1 Å². The van der Waals surface area contributed by atoms with Crippen LogP contribution in [0.5, 0.6) is 5.75 Å². The van der Waals surface area contributed by atoms with Crippen molar-refractivity contribution in [2.45, 2.75) is 32.3 Å². The summed E-state index contributed by atoms with van der Waals surface area (Å²) in [7, 11) is 2.14. The quantitative estimate of drug-likeness (QED) is 0.902. The molecule has 1 aliphatic heterocycles. The fourth-order valence-corrected chi connectivity index (χ4v) is 2.78. The van der Waals surface area contributed by atoms with Crippen molar-refractivity contribution < 1.29 is 9.84 Å². The molecule has 0 aliphatic carbocycles. The van der Waals surface area contributed by atoms with Crippen LogP contribution in [0, 0.1) is 0 Å². The Morgan fingerprint density at radius 1 is 1.14 bits per heavy atom. The number of rotatable bonds is 5.